The first-order valence-corrected chi connectivity index (χ1v) is 9.19. The van der Waals surface area contributed by atoms with Gasteiger partial charge in [0.25, 0.3) is 0 Å². The number of H-pyrrole nitrogens is 1. The zero-order valence-corrected chi connectivity index (χ0v) is 15.9. The molecule has 0 saturated carbocycles. The predicted molar refractivity (Wildman–Crippen MR) is 100.0 cm³/mol. The summed E-state index contributed by atoms with van der Waals surface area (Å²) in [5, 5.41) is 8.09. The Kier molecular flexibility index (Phi) is 7.33. The fraction of sp³-hybridized carbons (Fsp3) is 0.353. The van der Waals surface area contributed by atoms with E-state index in [4.69, 9.17) is 16.3 Å². The summed E-state index contributed by atoms with van der Waals surface area (Å²) in [4.78, 5) is 18.3. The standard InChI is InChI=1S/C17H21ClN4O2S/c1-4-22(9-12(2)3)16(23)11-25-17-19-15(20-21-17)10-24-14-7-5-13(18)6-8-14/h5-8H,2,4,9-11H2,1,3H3,(H,19,20,21). The van der Waals surface area contributed by atoms with Crippen LogP contribution in [-0.2, 0) is 11.4 Å². The van der Waals surface area contributed by atoms with E-state index in [1.165, 1.54) is 11.8 Å². The van der Waals surface area contributed by atoms with E-state index in [-0.39, 0.29) is 18.3 Å². The van der Waals surface area contributed by atoms with Crippen LogP contribution in [0.2, 0.25) is 5.02 Å². The summed E-state index contributed by atoms with van der Waals surface area (Å²) >= 11 is 7.13. The number of halogens is 1. The van der Waals surface area contributed by atoms with Gasteiger partial charge in [0.1, 0.15) is 12.4 Å². The highest BCUT2D eigenvalue weighted by molar-refractivity contribution is 7.99. The van der Waals surface area contributed by atoms with E-state index < -0.39 is 0 Å². The number of carbonyl (C=O) groups excluding carboxylic acids is 1. The molecule has 0 atom stereocenters. The summed E-state index contributed by atoms with van der Waals surface area (Å²) in [5.41, 5.74) is 0.958. The third-order valence-electron chi connectivity index (χ3n) is 3.22. The third kappa shape index (κ3) is 6.43. The summed E-state index contributed by atoms with van der Waals surface area (Å²) in [7, 11) is 0. The van der Waals surface area contributed by atoms with Crippen molar-refractivity contribution in [3.05, 3.63) is 47.3 Å². The van der Waals surface area contributed by atoms with Gasteiger partial charge >= 0.3 is 0 Å². The van der Waals surface area contributed by atoms with Crippen molar-refractivity contribution in [3.63, 3.8) is 0 Å². The van der Waals surface area contributed by atoms with Crippen LogP contribution in [0.1, 0.15) is 19.7 Å². The molecule has 0 radical (unpaired) electrons. The number of carbonyl (C=O) groups is 1. The van der Waals surface area contributed by atoms with Gasteiger partial charge in [0.2, 0.25) is 11.1 Å². The lowest BCUT2D eigenvalue weighted by molar-refractivity contribution is -0.127. The van der Waals surface area contributed by atoms with Crippen LogP contribution in [0.3, 0.4) is 0 Å². The van der Waals surface area contributed by atoms with Crippen molar-refractivity contribution in [1.82, 2.24) is 20.1 Å². The molecule has 1 heterocycles. The van der Waals surface area contributed by atoms with Gasteiger partial charge in [-0.1, -0.05) is 35.5 Å². The molecular formula is C17H21ClN4O2S. The van der Waals surface area contributed by atoms with Crippen LogP contribution in [0.5, 0.6) is 5.75 Å². The minimum atomic E-state index is 0.0410. The minimum absolute atomic E-state index is 0.0410. The highest BCUT2D eigenvalue weighted by atomic mass is 35.5. The summed E-state index contributed by atoms with van der Waals surface area (Å²) in [5.74, 6) is 1.62. The molecule has 1 aromatic heterocycles. The fourth-order valence-corrected chi connectivity index (χ4v) is 2.86. The van der Waals surface area contributed by atoms with Crippen molar-refractivity contribution in [2.45, 2.75) is 25.6 Å². The molecule has 0 bridgehead atoms. The van der Waals surface area contributed by atoms with Crippen LogP contribution in [-0.4, -0.2) is 44.8 Å². The molecule has 2 aromatic rings. The summed E-state index contributed by atoms with van der Waals surface area (Å²) in [6.07, 6.45) is 0. The zero-order chi connectivity index (χ0) is 18.2. The first kappa shape index (κ1) is 19.3. The maximum absolute atomic E-state index is 12.2. The fourth-order valence-electron chi connectivity index (χ4n) is 2.01. The van der Waals surface area contributed by atoms with Crippen LogP contribution in [0.4, 0.5) is 0 Å². The van der Waals surface area contributed by atoms with Crippen LogP contribution in [0, 0.1) is 0 Å². The Morgan fingerprint density at radius 3 is 2.76 bits per heavy atom. The highest BCUT2D eigenvalue weighted by Crippen LogP contribution is 2.17. The number of aromatic nitrogens is 3. The number of likely N-dealkylation sites (N-methyl/N-ethyl adjacent to an activating group) is 1. The average molecular weight is 381 g/mol. The van der Waals surface area contributed by atoms with E-state index >= 15 is 0 Å². The Hall–Kier alpha value is -1.99. The molecule has 0 saturated heterocycles. The van der Waals surface area contributed by atoms with E-state index in [1.54, 1.807) is 29.2 Å². The van der Waals surface area contributed by atoms with E-state index in [2.05, 4.69) is 21.8 Å². The number of benzene rings is 1. The van der Waals surface area contributed by atoms with Crippen molar-refractivity contribution in [1.29, 1.82) is 0 Å². The van der Waals surface area contributed by atoms with Gasteiger partial charge < -0.3 is 9.64 Å². The Labute approximate surface area is 156 Å². The van der Waals surface area contributed by atoms with Gasteiger partial charge in [0.05, 0.1) is 5.75 Å². The second kappa shape index (κ2) is 9.48. The molecule has 1 N–H and O–H groups in total. The first-order valence-electron chi connectivity index (χ1n) is 7.82. The van der Waals surface area contributed by atoms with Crippen molar-refractivity contribution in [2.24, 2.45) is 0 Å². The number of hydrogen-bond donors (Lipinski definition) is 1. The molecule has 1 amide bonds. The Bertz CT molecular complexity index is 718. The quantitative estimate of drug-likeness (QED) is 0.532. The molecule has 25 heavy (non-hydrogen) atoms. The molecule has 6 nitrogen and oxygen atoms in total. The zero-order valence-electron chi connectivity index (χ0n) is 14.3. The molecule has 134 valence electrons. The van der Waals surface area contributed by atoms with Gasteiger partial charge in [-0.2, -0.15) is 0 Å². The molecule has 1 aromatic carbocycles. The number of nitrogens with one attached hydrogen (secondary N) is 1. The van der Waals surface area contributed by atoms with Gasteiger partial charge in [0.15, 0.2) is 5.82 Å². The molecule has 0 fully saturated rings. The van der Waals surface area contributed by atoms with Crippen molar-refractivity contribution < 1.29 is 9.53 Å². The van der Waals surface area contributed by atoms with Gasteiger partial charge in [-0.05, 0) is 38.1 Å². The maximum Gasteiger partial charge on any atom is 0.233 e. The second-order valence-electron chi connectivity index (χ2n) is 5.46. The summed E-state index contributed by atoms with van der Waals surface area (Å²) < 4.78 is 5.60. The monoisotopic (exact) mass is 380 g/mol. The van der Waals surface area contributed by atoms with E-state index in [0.717, 1.165) is 5.57 Å². The number of amides is 1. The molecule has 0 aliphatic heterocycles. The lowest BCUT2D eigenvalue weighted by atomic mass is 10.3. The molecule has 0 aliphatic rings. The highest BCUT2D eigenvalue weighted by Gasteiger charge is 2.14. The molecular weight excluding hydrogens is 360 g/mol. The van der Waals surface area contributed by atoms with E-state index in [9.17, 15) is 4.79 Å². The van der Waals surface area contributed by atoms with E-state index in [1.807, 2.05) is 13.8 Å². The second-order valence-corrected chi connectivity index (χ2v) is 6.84. The van der Waals surface area contributed by atoms with Crippen molar-refractivity contribution in [2.75, 3.05) is 18.8 Å². The SMILES string of the molecule is C=C(C)CN(CC)C(=O)CSc1n[nH]c(COc2ccc(Cl)cc2)n1. The third-order valence-corrected chi connectivity index (χ3v) is 4.30. The molecule has 2 rings (SSSR count). The van der Waals surface area contributed by atoms with Crippen LogP contribution in [0.15, 0.2) is 41.6 Å². The van der Waals surface area contributed by atoms with Gasteiger partial charge in [-0.25, -0.2) is 4.98 Å². The Morgan fingerprint density at radius 1 is 1.40 bits per heavy atom. The summed E-state index contributed by atoms with van der Waals surface area (Å²) in [6.45, 7) is 9.19. The van der Waals surface area contributed by atoms with Crippen LogP contribution in [0.25, 0.3) is 0 Å². The number of thioether (sulfide) groups is 1. The number of nitrogens with zero attached hydrogens (tertiary/aromatic N) is 3. The van der Waals surface area contributed by atoms with E-state index in [0.29, 0.717) is 34.8 Å². The van der Waals surface area contributed by atoms with Crippen molar-refractivity contribution in [3.8, 4) is 5.75 Å². The molecule has 8 heteroatoms. The first-order chi connectivity index (χ1) is 12.0. The largest absolute Gasteiger partial charge is 0.486 e. The van der Waals surface area contributed by atoms with Gasteiger partial charge in [-0.15, -0.1) is 5.10 Å². The van der Waals surface area contributed by atoms with Gasteiger partial charge in [-0.3, -0.25) is 9.89 Å². The lowest BCUT2D eigenvalue weighted by Crippen LogP contribution is -2.33. The normalized spacial score (nSPS) is 10.5. The molecule has 0 spiro atoms. The lowest BCUT2D eigenvalue weighted by Gasteiger charge is -2.20. The average Bonchev–Trinajstić information content (AvgIpc) is 3.05. The predicted octanol–water partition coefficient (Wildman–Crippen LogP) is 3.55. The topological polar surface area (TPSA) is 71.1 Å². The molecule has 0 unspecified atom stereocenters. The smallest absolute Gasteiger partial charge is 0.233 e. The van der Waals surface area contributed by atoms with Crippen LogP contribution >= 0.6 is 23.4 Å². The Balaban J connectivity index is 1.81. The minimum Gasteiger partial charge on any atom is -0.486 e. The number of ether oxygens (including phenoxy) is 1. The van der Waals surface area contributed by atoms with Crippen molar-refractivity contribution >= 4 is 29.3 Å². The Morgan fingerprint density at radius 2 is 2.12 bits per heavy atom. The number of rotatable bonds is 9. The van der Waals surface area contributed by atoms with Crippen LogP contribution < -0.4 is 4.74 Å². The summed E-state index contributed by atoms with van der Waals surface area (Å²) in [6, 6.07) is 7.09. The van der Waals surface area contributed by atoms with Gasteiger partial charge in [0, 0.05) is 18.1 Å². The number of aromatic amines is 1. The molecule has 0 aliphatic carbocycles. The maximum atomic E-state index is 12.2. The number of hydrogen-bond acceptors (Lipinski definition) is 5.